The molecular weight excluding hydrogens is 829 g/mol. The van der Waals surface area contributed by atoms with Crippen LogP contribution >= 0.6 is 0 Å². The van der Waals surface area contributed by atoms with E-state index in [2.05, 4.69) is 246 Å². The summed E-state index contributed by atoms with van der Waals surface area (Å²) >= 11 is 0. The molecular formula is C64H40N2O2. The number of rotatable bonds is 7. The van der Waals surface area contributed by atoms with Gasteiger partial charge in [-0.1, -0.05) is 176 Å². The number of nitrogens with zero attached hydrogens (tertiary/aromatic N) is 2. The van der Waals surface area contributed by atoms with E-state index in [1.807, 2.05) is 6.07 Å². The van der Waals surface area contributed by atoms with E-state index < -0.39 is 0 Å². The van der Waals surface area contributed by atoms with Gasteiger partial charge in [-0.25, -0.2) is 0 Å². The van der Waals surface area contributed by atoms with Gasteiger partial charge >= 0.3 is 0 Å². The van der Waals surface area contributed by atoms with Crippen LogP contribution in [0.2, 0.25) is 0 Å². The molecule has 0 saturated heterocycles. The van der Waals surface area contributed by atoms with E-state index in [1.54, 1.807) is 0 Å². The van der Waals surface area contributed by atoms with Gasteiger partial charge in [0.1, 0.15) is 22.3 Å². The highest BCUT2D eigenvalue weighted by Gasteiger charge is 2.26. The van der Waals surface area contributed by atoms with Crippen LogP contribution in [0.1, 0.15) is 0 Å². The van der Waals surface area contributed by atoms with Gasteiger partial charge in [0.15, 0.2) is 0 Å². The third-order valence-electron chi connectivity index (χ3n) is 13.8. The number of hydrogen-bond donors (Lipinski definition) is 0. The normalized spacial score (nSPS) is 11.8. The molecule has 0 saturated carbocycles. The van der Waals surface area contributed by atoms with Gasteiger partial charge in [-0.05, 0) is 88.6 Å². The number of fused-ring (bicyclic) bond motifs is 10. The van der Waals surface area contributed by atoms with Crippen molar-refractivity contribution in [3.8, 4) is 39.1 Å². The molecule has 0 aliphatic rings. The standard InChI is InChI=1S/C64H40N2O2/c1-2-17-43-40-44(33-32-41(43)16-1)42-34-36-45(37-35-42)65(55-26-9-5-20-48(55)51-24-15-25-52-50-22-7-13-30-60(50)67-63(51)52)59-39-38-53(64-62(59)54-23-8-14-31-61(54)68-64)49-21-6-12-29-58(49)66-56-27-10-3-18-46(56)47-19-4-11-28-57(47)66/h1-40H. The first-order chi connectivity index (χ1) is 33.7. The third kappa shape index (κ3) is 5.87. The highest BCUT2D eigenvalue weighted by atomic mass is 16.3. The Kier molecular flexibility index (Phi) is 8.55. The van der Waals surface area contributed by atoms with Crippen LogP contribution in [0, 0.1) is 0 Å². The number of benzene rings is 11. The second-order valence-electron chi connectivity index (χ2n) is 17.6. The summed E-state index contributed by atoms with van der Waals surface area (Å²) in [5.74, 6) is 0. The van der Waals surface area contributed by atoms with Crippen molar-refractivity contribution in [3.05, 3.63) is 243 Å². The van der Waals surface area contributed by atoms with Crippen molar-refractivity contribution in [2.75, 3.05) is 4.90 Å². The Morgan fingerprint density at radius 1 is 0.324 bits per heavy atom. The fraction of sp³-hybridized carbons (Fsp3) is 0. The predicted octanol–water partition coefficient (Wildman–Crippen LogP) is 18.2. The van der Waals surface area contributed by atoms with Gasteiger partial charge in [0.05, 0.1) is 33.5 Å². The van der Waals surface area contributed by atoms with E-state index in [9.17, 15) is 0 Å². The van der Waals surface area contributed by atoms with Crippen molar-refractivity contribution in [1.29, 1.82) is 0 Å². The van der Waals surface area contributed by atoms with E-state index in [0.717, 1.165) is 105 Å². The fourth-order valence-corrected chi connectivity index (χ4v) is 10.7. The molecule has 0 bridgehead atoms. The van der Waals surface area contributed by atoms with Gasteiger partial charge in [-0.2, -0.15) is 0 Å². The molecule has 0 atom stereocenters. The minimum atomic E-state index is 0.826. The topological polar surface area (TPSA) is 34.5 Å². The summed E-state index contributed by atoms with van der Waals surface area (Å²) in [6, 6.07) is 86.8. The molecule has 14 rings (SSSR count). The maximum atomic E-state index is 7.12. The highest BCUT2D eigenvalue weighted by Crippen LogP contribution is 2.50. The fourth-order valence-electron chi connectivity index (χ4n) is 10.7. The highest BCUT2D eigenvalue weighted by molar-refractivity contribution is 6.19. The molecule has 0 aliphatic heterocycles. The average Bonchev–Trinajstić information content (AvgIpc) is 4.10. The number of para-hydroxylation sites is 7. The lowest BCUT2D eigenvalue weighted by Gasteiger charge is -2.29. The van der Waals surface area contributed by atoms with Gasteiger partial charge in [0.25, 0.3) is 0 Å². The maximum Gasteiger partial charge on any atom is 0.145 e. The van der Waals surface area contributed by atoms with Gasteiger partial charge in [-0.15, -0.1) is 0 Å². The van der Waals surface area contributed by atoms with E-state index in [4.69, 9.17) is 8.83 Å². The molecule has 4 nitrogen and oxygen atoms in total. The first kappa shape index (κ1) is 38.2. The van der Waals surface area contributed by atoms with Crippen LogP contribution in [0.5, 0.6) is 0 Å². The molecule has 14 aromatic rings. The van der Waals surface area contributed by atoms with E-state index in [0.29, 0.717) is 0 Å². The van der Waals surface area contributed by atoms with E-state index in [-0.39, 0.29) is 0 Å². The Labute approximate surface area is 391 Å². The molecule has 0 amide bonds. The minimum absolute atomic E-state index is 0.826. The molecule has 0 spiro atoms. The predicted molar refractivity (Wildman–Crippen MR) is 284 cm³/mol. The van der Waals surface area contributed by atoms with Crippen molar-refractivity contribution >= 4 is 93.5 Å². The largest absolute Gasteiger partial charge is 0.455 e. The minimum Gasteiger partial charge on any atom is -0.455 e. The number of aromatic nitrogens is 1. The summed E-state index contributed by atoms with van der Waals surface area (Å²) in [5.41, 5.74) is 16.3. The van der Waals surface area contributed by atoms with Crippen molar-refractivity contribution < 1.29 is 8.83 Å². The molecule has 4 heteroatoms. The monoisotopic (exact) mass is 868 g/mol. The summed E-state index contributed by atoms with van der Waals surface area (Å²) in [6.45, 7) is 0. The van der Waals surface area contributed by atoms with Crippen LogP contribution < -0.4 is 4.90 Å². The average molecular weight is 869 g/mol. The van der Waals surface area contributed by atoms with Crippen LogP contribution in [0.3, 0.4) is 0 Å². The van der Waals surface area contributed by atoms with Gasteiger partial charge in [0.2, 0.25) is 0 Å². The third-order valence-corrected chi connectivity index (χ3v) is 13.8. The lowest BCUT2D eigenvalue weighted by Crippen LogP contribution is -2.12. The van der Waals surface area contributed by atoms with Crippen LogP contribution in [0.4, 0.5) is 17.1 Å². The van der Waals surface area contributed by atoms with Crippen LogP contribution in [-0.2, 0) is 0 Å². The van der Waals surface area contributed by atoms with E-state index >= 15 is 0 Å². The van der Waals surface area contributed by atoms with Crippen LogP contribution in [0.15, 0.2) is 251 Å². The number of furan rings is 2. The number of hydrogen-bond acceptors (Lipinski definition) is 3. The molecule has 3 heterocycles. The summed E-state index contributed by atoms with van der Waals surface area (Å²) in [5, 5.41) is 9.17. The second kappa shape index (κ2) is 15.2. The summed E-state index contributed by atoms with van der Waals surface area (Å²) in [7, 11) is 0. The zero-order valence-electron chi connectivity index (χ0n) is 36.8. The quantitative estimate of drug-likeness (QED) is 0.160. The number of anilines is 3. The zero-order valence-corrected chi connectivity index (χ0v) is 36.8. The van der Waals surface area contributed by atoms with Crippen molar-refractivity contribution in [2.45, 2.75) is 0 Å². The van der Waals surface area contributed by atoms with Crippen molar-refractivity contribution in [2.24, 2.45) is 0 Å². The Morgan fingerprint density at radius 2 is 0.882 bits per heavy atom. The van der Waals surface area contributed by atoms with Gasteiger partial charge in [0, 0.05) is 54.9 Å². The molecule has 0 fully saturated rings. The molecule has 0 unspecified atom stereocenters. The lowest BCUT2D eigenvalue weighted by atomic mass is 9.96. The zero-order chi connectivity index (χ0) is 44.7. The Morgan fingerprint density at radius 3 is 1.68 bits per heavy atom. The first-order valence-corrected chi connectivity index (χ1v) is 23.2. The maximum absolute atomic E-state index is 7.12. The SMILES string of the molecule is c1ccc(N(c2ccc(-c3ccc4ccccc4c3)cc2)c2ccc(-c3ccccc3-n3c4ccccc4c4ccccc43)c3oc4ccccc4c23)c(-c2cccc3c2oc2ccccc23)c1. The summed E-state index contributed by atoms with van der Waals surface area (Å²) in [6.07, 6.45) is 0. The molecule has 68 heavy (non-hydrogen) atoms. The molecule has 0 N–H and O–H groups in total. The van der Waals surface area contributed by atoms with Crippen molar-refractivity contribution in [1.82, 2.24) is 4.57 Å². The Bertz CT molecular complexity index is 4230. The lowest BCUT2D eigenvalue weighted by molar-refractivity contribution is 0.669. The molecule has 0 radical (unpaired) electrons. The Balaban J connectivity index is 1.02. The smallest absolute Gasteiger partial charge is 0.145 e. The molecule has 0 aliphatic carbocycles. The summed E-state index contributed by atoms with van der Waals surface area (Å²) in [4.78, 5) is 2.41. The molecule has 3 aromatic heterocycles. The second-order valence-corrected chi connectivity index (χ2v) is 17.6. The van der Waals surface area contributed by atoms with Gasteiger partial charge < -0.3 is 18.3 Å². The Hall–Kier alpha value is -9.12. The van der Waals surface area contributed by atoms with Crippen LogP contribution in [-0.4, -0.2) is 4.57 Å². The first-order valence-electron chi connectivity index (χ1n) is 23.2. The van der Waals surface area contributed by atoms with Crippen molar-refractivity contribution in [3.63, 3.8) is 0 Å². The van der Waals surface area contributed by atoms with E-state index in [1.165, 1.54) is 27.1 Å². The van der Waals surface area contributed by atoms with Gasteiger partial charge in [-0.3, -0.25) is 0 Å². The molecule has 11 aromatic carbocycles. The molecule has 318 valence electrons. The van der Waals surface area contributed by atoms with Crippen LogP contribution in [0.25, 0.3) is 116 Å². The summed E-state index contributed by atoms with van der Waals surface area (Å²) < 4.78 is 16.2.